The molecule has 16 heavy (non-hydrogen) atoms. The minimum atomic E-state index is 0.454. The average Bonchev–Trinajstić information content (AvgIpc) is 2.90. The standard InChI is InChI=1S/C13H19N3/c1-15-8-3-5-13(15)6-9-16(11-13)12-4-2-7-14-10-12/h2,4,7,10H,3,5-6,8-9,11H2,1H3/t13-/m1/s1. The van der Waals surface area contributed by atoms with Crippen molar-refractivity contribution in [2.45, 2.75) is 24.8 Å². The fourth-order valence-corrected chi connectivity index (χ4v) is 3.21. The van der Waals surface area contributed by atoms with Gasteiger partial charge in [-0.25, -0.2) is 0 Å². The van der Waals surface area contributed by atoms with Crippen molar-refractivity contribution >= 4 is 5.69 Å². The summed E-state index contributed by atoms with van der Waals surface area (Å²) in [5, 5.41) is 0. The zero-order valence-electron chi connectivity index (χ0n) is 9.89. The van der Waals surface area contributed by atoms with Crippen LogP contribution >= 0.6 is 0 Å². The minimum Gasteiger partial charge on any atom is -0.368 e. The van der Waals surface area contributed by atoms with Crippen LogP contribution in [0.1, 0.15) is 19.3 Å². The van der Waals surface area contributed by atoms with E-state index in [1.54, 1.807) is 0 Å². The second kappa shape index (κ2) is 3.74. The van der Waals surface area contributed by atoms with Gasteiger partial charge < -0.3 is 4.90 Å². The molecule has 2 saturated heterocycles. The van der Waals surface area contributed by atoms with Crippen LogP contribution in [-0.2, 0) is 0 Å². The van der Waals surface area contributed by atoms with Crippen LogP contribution in [-0.4, -0.2) is 42.1 Å². The molecule has 2 fully saturated rings. The van der Waals surface area contributed by atoms with Crippen LogP contribution in [0.3, 0.4) is 0 Å². The van der Waals surface area contributed by atoms with E-state index in [0.717, 1.165) is 0 Å². The van der Waals surface area contributed by atoms with Crippen LogP contribution in [0, 0.1) is 0 Å². The molecule has 1 aromatic rings. The molecule has 0 unspecified atom stereocenters. The van der Waals surface area contributed by atoms with Crippen molar-refractivity contribution in [2.24, 2.45) is 0 Å². The monoisotopic (exact) mass is 217 g/mol. The first kappa shape index (κ1) is 10.1. The highest BCUT2D eigenvalue weighted by atomic mass is 15.3. The van der Waals surface area contributed by atoms with Crippen LogP contribution in [0.15, 0.2) is 24.5 Å². The summed E-state index contributed by atoms with van der Waals surface area (Å²) in [6.07, 6.45) is 7.85. The topological polar surface area (TPSA) is 19.4 Å². The summed E-state index contributed by atoms with van der Waals surface area (Å²) < 4.78 is 0. The Morgan fingerprint density at radius 3 is 2.94 bits per heavy atom. The van der Waals surface area contributed by atoms with Gasteiger partial charge in [-0.05, 0) is 45.0 Å². The Hall–Kier alpha value is -1.09. The van der Waals surface area contributed by atoms with Gasteiger partial charge in [0.2, 0.25) is 0 Å². The molecule has 3 heterocycles. The fourth-order valence-electron chi connectivity index (χ4n) is 3.21. The van der Waals surface area contributed by atoms with E-state index in [0.29, 0.717) is 5.54 Å². The molecule has 3 heteroatoms. The summed E-state index contributed by atoms with van der Waals surface area (Å²) in [6, 6.07) is 4.19. The number of pyridine rings is 1. The summed E-state index contributed by atoms with van der Waals surface area (Å²) in [5.74, 6) is 0. The van der Waals surface area contributed by atoms with Crippen molar-refractivity contribution in [1.29, 1.82) is 0 Å². The van der Waals surface area contributed by atoms with Crippen LogP contribution in [0.4, 0.5) is 5.69 Å². The van der Waals surface area contributed by atoms with Crippen LogP contribution in [0.5, 0.6) is 0 Å². The van der Waals surface area contributed by atoms with Gasteiger partial charge in [0, 0.05) is 24.8 Å². The molecular weight excluding hydrogens is 198 g/mol. The van der Waals surface area contributed by atoms with Gasteiger partial charge in [-0.15, -0.1) is 0 Å². The Morgan fingerprint density at radius 2 is 2.25 bits per heavy atom. The average molecular weight is 217 g/mol. The van der Waals surface area contributed by atoms with Gasteiger partial charge >= 0.3 is 0 Å². The van der Waals surface area contributed by atoms with Gasteiger partial charge in [0.25, 0.3) is 0 Å². The lowest BCUT2D eigenvalue weighted by atomic mass is 9.96. The Kier molecular flexibility index (Phi) is 2.36. The summed E-state index contributed by atoms with van der Waals surface area (Å²) >= 11 is 0. The predicted octanol–water partition coefficient (Wildman–Crippen LogP) is 1.76. The molecule has 1 atom stereocenters. The number of rotatable bonds is 1. The Bertz CT molecular complexity index is 365. The predicted molar refractivity (Wildman–Crippen MR) is 65.7 cm³/mol. The van der Waals surface area contributed by atoms with E-state index in [1.165, 1.54) is 44.6 Å². The van der Waals surface area contributed by atoms with Crippen LogP contribution < -0.4 is 4.90 Å². The molecule has 1 aromatic heterocycles. The number of likely N-dealkylation sites (N-methyl/N-ethyl adjacent to an activating group) is 1. The Balaban J connectivity index is 1.78. The van der Waals surface area contributed by atoms with Gasteiger partial charge in [0.05, 0.1) is 11.9 Å². The van der Waals surface area contributed by atoms with E-state index in [4.69, 9.17) is 0 Å². The van der Waals surface area contributed by atoms with E-state index >= 15 is 0 Å². The number of aromatic nitrogens is 1. The molecular formula is C13H19N3. The quantitative estimate of drug-likeness (QED) is 0.714. The third kappa shape index (κ3) is 1.50. The highest BCUT2D eigenvalue weighted by molar-refractivity contribution is 5.46. The van der Waals surface area contributed by atoms with Gasteiger partial charge in [0.15, 0.2) is 0 Å². The first-order valence-corrected chi connectivity index (χ1v) is 6.16. The van der Waals surface area contributed by atoms with E-state index in [9.17, 15) is 0 Å². The highest BCUT2D eigenvalue weighted by Gasteiger charge is 2.44. The normalized spacial score (nSPS) is 30.4. The van der Waals surface area contributed by atoms with Gasteiger partial charge in [0.1, 0.15) is 0 Å². The van der Waals surface area contributed by atoms with Crippen molar-refractivity contribution in [1.82, 2.24) is 9.88 Å². The van der Waals surface area contributed by atoms with Crippen molar-refractivity contribution in [2.75, 3.05) is 31.6 Å². The molecule has 3 rings (SSSR count). The molecule has 2 aliphatic rings. The summed E-state index contributed by atoms with van der Waals surface area (Å²) in [7, 11) is 2.28. The third-order valence-corrected chi connectivity index (χ3v) is 4.29. The maximum Gasteiger partial charge on any atom is 0.0553 e. The van der Waals surface area contributed by atoms with Crippen molar-refractivity contribution in [3.8, 4) is 0 Å². The number of nitrogens with zero attached hydrogens (tertiary/aromatic N) is 3. The lowest BCUT2D eigenvalue weighted by Crippen LogP contribution is -2.43. The molecule has 0 bridgehead atoms. The van der Waals surface area contributed by atoms with E-state index in [-0.39, 0.29) is 0 Å². The molecule has 86 valence electrons. The molecule has 2 aliphatic heterocycles. The van der Waals surface area contributed by atoms with E-state index in [1.807, 2.05) is 18.5 Å². The maximum absolute atomic E-state index is 4.21. The number of hydrogen-bond donors (Lipinski definition) is 0. The molecule has 0 amide bonds. The van der Waals surface area contributed by atoms with E-state index < -0.39 is 0 Å². The zero-order valence-corrected chi connectivity index (χ0v) is 9.89. The number of anilines is 1. The largest absolute Gasteiger partial charge is 0.368 e. The minimum absolute atomic E-state index is 0.454. The highest BCUT2D eigenvalue weighted by Crippen LogP contribution is 2.37. The molecule has 0 radical (unpaired) electrons. The summed E-state index contributed by atoms with van der Waals surface area (Å²) in [5.41, 5.74) is 1.73. The maximum atomic E-state index is 4.21. The molecule has 1 spiro atoms. The van der Waals surface area contributed by atoms with Crippen molar-refractivity contribution in [3.05, 3.63) is 24.5 Å². The first-order chi connectivity index (χ1) is 7.80. The number of likely N-dealkylation sites (tertiary alicyclic amines) is 1. The molecule has 0 N–H and O–H groups in total. The number of hydrogen-bond acceptors (Lipinski definition) is 3. The zero-order chi connectivity index (χ0) is 11.0. The van der Waals surface area contributed by atoms with Crippen molar-refractivity contribution < 1.29 is 0 Å². The van der Waals surface area contributed by atoms with E-state index in [2.05, 4.69) is 27.9 Å². The second-order valence-corrected chi connectivity index (χ2v) is 5.13. The lowest BCUT2D eigenvalue weighted by molar-refractivity contribution is 0.198. The second-order valence-electron chi connectivity index (χ2n) is 5.13. The van der Waals surface area contributed by atoms with Gasteiger partial charge in [-0.2, -0.15) is 0 Å². The summed E-state index contributed by atoms with van der Waals surface area (Å²) in [6.45, 7) is 3.62. The smallest absolute Gasteiger partial charge is 0.0553 e. The Morgan fingerprint density at radius 1 is 1.31 bits per heavy atom. The SMILES string of the molecule is CN1CCC[C@]12CCN(c1cccnc1)C2. The van der Waals surface area contributed by atoms with Crippen LogP contribution in [0.2, 0.25) is 0 Å². The van der Waals surface area contributed by atoms with Gasteiger partial charge in [-0.1, -0.05) is 0 Å². The molecule has 0 aromatic carbocycles. The Labute approximate surface area is 97.1 Å². The molecule has 0 aliphatic carbocycles. The van der Waals surface area contributed by atoms with Gasteiger partial charge in [-0.3, -0.25) is 9.88 Å². The van der Waals surface area contributed by atoms with Crippen molar-refractivity contribution in [3.63, 3.8) is 0 Å². The summed E-state index contributed by atoms with van der Waals surface area (Å²) in [4.78, 5) is 9.25. The molecule has 3 nitrogen and oxygen atoms in total. The lowest BCUT2D eigenvalue weighted by Gasteiger charge is -2.32. The molecule has 0 saturated carbocycles. The fraction of sp³-hybridized carbons (Fsp3) is 0.615. The third-order valence-electron chi connectivity index (χ3n) is 4.29. The van der Waals surface area contributed by atoms with Crippen LogP contribution in [0.25, 0.3) is 0 Å². The first-order valence-electron chi connectivity index (χ1n) is 6.16.